The van der Waals surface area contributed by atoms with Crippen molar-refractivity contribution in [2.24, 2.45) is 0 Å². The Kier molecular flexibility index (Phi) is 4.98. The van der Waals surface area contributed by atoms with Crippen LogP contribution in [0.3, 0.4) is 0 Å². The van der Waals surface area contributed by atoms with Crippen LogP contribution in [0.15, 0.2) is 53.7 Å². The third-order valence-electron chi connectivity index (χ3n) is 3.65. The van der Waals surface area contributed by atoms with Gasteiger partial charge in [-0.3, -0.25) is 14.2 Å². The number of nitrogens with one attached hydrogen (secondary N) is 1. The average molecular weight is 338 g/mol. The number of hydrogen-bond acceptors (Lipinski definition) is 5. The second-order valence-corrected chi connectivity index (χ2v) is 5.38. The van der Waals surface area contributed by atoms with E-state index in [0.29, 0.717) is 19.5 Å². The summed E-state index contributed by atoms with van der Waals surface area (Å²) >= 11 is 0. The van der Waals surface area contributed by atoms with Crippen molar-refractivity contribution in [2.45, 2.75) is 19.9 Å². The maximum atomic E-state index is 12.1. The maximum absolute atomic E-state index is 12.1. The number of benzene rings is 1. The molecule has 0 fully saturated rings. The summed E-state index contributed by atoms with van der Waals surface area (Å²) in [4.78, 5) is 29.6. The molecule has 1 amide bonds. The van der Waals surface area contributed by atoms with Crippen molar-refractivity contribution >= 4 is 5.91 Å². The normalized spacial score (nSPS) is 10.6. The molecule has 0 unspecified atom stereocenters. The van der Waals surface area contributed by atoms with Crippen LogP contribution < -0.4 is 10.9 Å². The second kappa shape index (κ2) is 7.52. The van der Waals surface area contributed by atoms with Crippen LogP contribution in [-0.4, -0.2) is 37.0 Å². The largest absolute Gasteiger partial charge is 0.349 e. The molecule has 0 aliphatic rings. The second-order valence-electron chi connectivity index (χ2n) is 5.38. The molecule has 2 aromatic heterocycles. The first kappa shape index (κ1) is 16.6. The Balaban J connectivity index is 1.58. The van der Waals surface area contributed by atoms with Crippen LogP contribution in [0.4, 0.5) is 0 Å². The van der Waals surface area contributed by atoms with Gasteiger partial charge in [0.1, 0.15) is 0 Å². The van der Waals surface area contributed by atoms with Crippen molar-refractivity contribution < 1.29 is 4.79 Å². The van der Waals surface area contributed by atoms with Crippen molar-refractivity contribution in [3.8, 4) is 5.69 Å². The summed E-state index contributed by atoms with van der Waals surface area (Å²) in [5.41, 5.74) is 1.62. The summed E-state index contributed by atoms with van der Waals surface area (Å²) in [6.07, 6.45) is 3.62. The minimum Gasteiger partial charge on any atom is -0.349 e. The summed E-state index contributed by atoms with van der Waals surface area (Å²) in [6.45, 7) is 2.58. The van der Waals surface area contributed by atoms with Crippen molar-refractivity contribution in [1.29, 1.82) is 0 Å². The fourth-order valence-electron chi connectivity index (χ4n) is 2.26. The van der Waals surface area contributed by atoms with Crippen LogP contribution in [0, 0.1) is 0 Å². The molecular weight excluding hydrogens is 320 g/mol. The molecule has 0 saturated heterocycles. The fourth-order valence-corrected chi connectivity index (χ4v) is 2.26. The molecule has 3 aromatic rings. The quantitative estimate of drug-likeness (QED) is 0.718. The predicted octanol–water partition coefficient (Wildman–Crippen LogP) is 0.816. The van der Waals surface area contributed by atoms with Gasteiger partial charge in [0.25, 0.3) is 11.5 Å². The SMILES string of the molecule is CCc1cc(=O)n(CCNC(=O)c2cnn(-c3ccccc3)n2)cn1. The number of carbonyl (C=O) groups is 1. The smallest absolute Gasteiger partial charge is 0.273 e. The van der Waals surface area contributed by atoms with E-state index >= 15 is 0 Å². The van der Waals surface area contributed by atoms with Gasteiger partial charge >= 0.3 is 0 Å². The highest BCUT2D eigenvalue weighted by molar-refractivity contribution is 5.91. The van der Waals surface area contributed by atoms with Gasteiger partial charge in [0, 0.05) is 24.8 Å². The lowest BCUT2D eigenvalue weighted by Crippen LogP contribution is -2.31. The molecule has 0 spiro atoms. The Morgan fingerprint density at radius 2 is 2.04 bits per heavy atom. The zero-order chi connectivity index (χ0) is 17.6. The molecule has 25 heavy (non-hydrogen) atoms. The van der Waals surface area contributed by atoms with Crippen LogP contribution >= 0.6 is 0 Å². The number of amides is 1. The molecule has 0 aliphatic heterocycles. The number of aromatic nitrogens is 5. The average Bonchev–Trinajstić information content (AvgIpc) is 3.14. The number of carbonyl (C=O) groups excluding carboxylic acids is 1. The molecule has 0 saturated carbocycles. The Bertz CT molecular complexity index is 916. The van der Waals surface area contributed by atoms with Gasteiger partial charge in [0.2, 0.25) is 0 Å². The highest BCUT2D eigenvalue weighted by atomic mass is 16.2. The molecule has 1 aromatic carbocycles. The summed E-state index contributed by atoms with van der Waals surface area (Å²) in [6, 6.07) is 10.8. The number of hydrogen-bond donors (Lipinski definition) is 1. The van der Waals surface area contributed by atoms with E-state index in [2.05, 4.69) is 20.5 Å². The molecular formula is C17H18N6O2. The van der Waals surface area contributed by atoms with Gasteiger partial charge in [-0.2, -0.15) is 9.90 Å². The van der Waals surface area contributed by atoms with E-state index in [4.69, 9.17) is 0 Å². The molecule has 0 atom stereocenters. The summed E-state index contributed by atoms with van der Waals surface area (Å²) in [5.74, 6) is -0.339. The van der Waals surface area contributed by atoms with E-state index < -0.39 is 0 Å². The molecule has 2 heterocycles. The molecule has 128 valence electrons. The standard InChI is InChI=1S/C17H18N6O2/c1-2-13-10-16(24)22(12-19-13)9-8-18-17(25)15-11-20-23(21-15)14-6-4-3-5-7-14/h3-7,10-12H,2,8-9H2,1H3,(H,18,25). The third-order valence-corrected chi connectivity index (χ3v) is 3.65. The Hall–Kier alpha value is -3.29. The lowest BCUT2D eigenvalue weighted by molar-refractivity contribution is 0.0946. The van der Waals surface area contributed by atoms with E-state index in [1.807, 2.05) is 37.3 Å². The molecule has 1 N–H and O–H groups in total. The van der Waals surface area contributed by atoms with Gasteiger partial charge < -0.3 is 5.32 Å². The van der Waals surface area contributed by atoms with Crippen LogP contribution in [0.25, 0.3) is 5.69 Å². The first-order valence-corrected chi connectivity index (χ1v) is 7.98. The van der Waals surface area contributed by atoms with Crippen molar-refractivity contribution in [3.63, 3.8) is 0 Å². The van der Waals surface area contributed by atoms with Gasteiger partial charge in [-0.25, -0.2) is 4.98 Å². The highest BCUT2D eigenvalue weighted by Gasteiger charge is 2.11. The van der Waals surface area contributed by atoms with Crippen molar-refractivity contribution in [3.05, 3.63) is 70.7 Å². The maximum Gasteiger partial charge on any atom is 0.273 e. The summed E-state index contributed by atoms with van der Waals surface area (Å²) in [7, 11) is 0. The molecule has 3 rings (SSSR count). The molecule has 0 bridgehead atoms. The van der Waals surface area contributed by atoms with Gasteiger partial charge in [-0.1, -0.05) is 25.1 Å². The Labute approximate surface area is 144 Å². The van der Waals surface area contributed by atoms with Crippen LogP contribution in [0.1, 0.15) is 23.1 Å². The number of aryl methyl sites for hydroxylation is 1. The number of nitrogens with zero attached hydrogens (tertiary/aromatic N) is 5. The number of para-hydroxylation sites is 1. The van der Waals surface area contributed by atoms with Crippen LogP contribution in [0.2, 0.25) is 0 Å². The zero-order valence-corrected chi connectivity index (χ0v) is 13.8. The van der Waals surface area contributed by atoms with Crippen molar-refractivity contribution in [2.75, 3.05) is 6.54 Å². The Morgan fingerprint density at radius 1 is 1.24 bits per heavy atom. The lowest BCUT2D eigenvalue weighted by Gasteiger charge is -2.06. The topological polar surface area (TPSA) is 94.7 Å². The Morgan fingerprint density at radius 3 is 2.76 bits per heavy atom. The molecule has 0 radical (unpaired) electrons. The summed E-state index contributed by atoms with van der Waals surface area (Å²) in [5, 5.41) is 11.0. The van der Waals surface area contributed by atoms with E-state index in [1.54, 1.807) is 0 Å². The van der Waals surface area contributed by atoms with E-state index in [9.17, 15) is 9.59 Å². The zero-order valence-electron chi connectivity index (χ0n) is 13.8. The third kappa shape index (κ3) is 3.97. The van der Waals surface area contributed by atoms with Crippen molar-refractivity contribution in [1.82, 2.24) is 29.9 Å². The minimum atomic E-state index is -0.339. The monoisotopic (exact) mass is 338 g/mol. The van der Waals surface area contributed by atoms with E-state index in [1.165, 1.54) is 28.0 Å². The van der Waals surface area contributed by atoms with Crippen LogP contribution in [0.5, 0.6) is 0 Å². The fraction of sp³-hybridized carbons (Fsp3) is 0.235. The van der Waals surface area contributed by atoms with Gasteiger partial charge in [0.15, 0.2) is 5.69 Å². The van der Waals surface area contributed by atoms with Gasteiger partial charge in [-0.05, 0) is 18.6 Å². The van der Waals surface area contributed by atoms with E-state index in [-0.39, 0.29) is 17.2 Å². The highest BCUT2D eigenvalue weighted by Crippen LogP contribution is 2.04. The first-order chi connectivity index (χ1) is 12.2. The summed E-state index contributed by atoms with van der Waals surface area (Å²) < 4.78 is 1.46. The predicted molar refractivity (Wildman–Crippen MR) is 91.6 cm³/mol. The first-order valence-electron chi connectivity index (χ1n) is 7.98. The minimum absolute atomic E-state index is 0.129. The van der Waals surface area contributed by atoms with Gasteiger partial charge in [-0.15, -0.1) is 5.10 Å². The number of rotatable bonds is 6. The van der Waals surface area contributed by atoms with E-state index in [0.717, 1.165) is 11.4 Å². The lowest BCUT2D eigenvalue weighted by atomic mass is 10.3. The van der Waals surface area contributed by atoms with Gasteiger partial charge in [0.05, 0.1) is 18.2 Å². The molecule has 0 aliphatic carbocycles. The molecule has 8 heteroatoms. The molecule has 8 nitrogen and oxygen atoms in total. The van der Waals surface area contributed by atoms with Crippen LogP contribution in [-0.2, 0) is 13.0 Å².